The summed E-state index contributed by atoms with van der Waals surface area (Å²) in [4.78, 5) is 14.1. The van der Waals surface area contributed by atoms with Gasteiger partial charge in [0.15, 0.2) is 0 Å². The third-order valence-corrected chi connectivity index (χ3v) is 6.27. The maximum Gasteiger partial charge on any atom is 0.306 e. The summed E-state index contributed by atoms with van der Waals surface area (Å²) in [6.07, 6.45) is 2.38. The van der Waals surface area contributed by atoms with E-state index in [2.05, 4.69) is 11.8 Å². The summed E-state index contributed by atoms with van der Waals surface area (Å²) < 4.78 is 5.09. The van der Waals surface area contributed by atoms with E-state index in [4.69, 9.17) is 10.5 Å². The summed E-state index contributed by atoms with van der Waals surface area (Å²) in [5.74, 6) is 0.479. The highest BCUT2D eigenvalue weighted by Gasteiger charge is 2.36. The molecule has 0 radical (unpaired) electrons. The quantitative estimate of drug-likeness (QED) is 0.344. The van der Waals surface area contributed by atoms with Crippen molar-refractivity contribution in [2.24, 2.45) is 0 Å². The Morgan fingerprint density at radius 1 is 1.39 bits per heavy atom. The zero-order valence-electron chi connectivity index (χ0n) is 17.4. The van der Waals surface area contributed by atoms with Crippen LogP contribution in [0.4, 0.5) is 11.4 Å². The summed E-state index contributed by atoms with van der Waals surface area (Å²) in [6.45, 7) is 9.08. The van der Waals surface area contributed by atoms with Crippen LogP contribution in [0.3, 0.4) is 0 Å². The summed E-state index contributed by atoms with van der Waals surface area (Å²) >= 11 is 1.18. The molecule has 6 nitrogen and oxygen atoms in total. The molecule has 1 atom stereocenters. The van der Waals surface area contributed by atoms with E-state index in [1.54, 1.807) is 6.92 Å². The van der Waals surface area contributed by atoms with Gasteiger partial charge in [-0.3, -0.25) is 4.79 Å². The zero-order chi connectivity index (χ0) is 20.9. The summed E-state index contributed by atoms with van der Waals surface area (Å²) in [5.41, 5.74) is 8.57. The molecule has 4 N–H and O–H groups in total. The van der Waals surface area contributed by atoms with Crippen molar-refractivity contribution in [1.29, 1.82) is 0 Å². The van der Waals surface area contributed by atoms with Gasteiger partial charge in [-0.2, -0.15) is 0 Å². The van der Waals surface area contributed by atoms with Gasteiger partial charge >= 0.3 is 5.97 Å². The third-order valence-electron chi connectivity index (χ3n) is 5.20. The minimum absolute atomic E-state index is 0.0249. The van der Waals surface area contributed by atoms with E-state index in [1.165, 1.54) is 11.8 Å². The first kappa shape index (κ1) is 22.8. The molecule has 1 heterocycles. The molecule has 0 saturated carbocycles. The monoisotopic (exact) mass is 410 g/mol. The maximum absolute atomic E-state index is 11.9. The number of rotatable bonds is 8. The van der Waals surface area contributed by atoms with Gasteiger partial charge in [-0.25, -0.2) is 0 Å². The normalized spacial score (nSPS) is 19.3. The molecule has 0 amide bonds. The molecule has 1 aliphatic rings. The number of ether oxygens (including phenoxy) is 1. The molecule has 0 bridgehead atoms. The Morgan fingerprint density at radius 2 is 2.11 bits per heavy atom. The first-order chi connectivity index (χ1) is 13.1. The van der Waals surface area contributed by atoms with Gasteiger partial charge in [-0.1, -0.05) is 38.6 Å². The van der Waals surface area contributed by atoms with Crippen LogP contribution in [0.25, 0.3) is 0 Å². The average molecular weight is 411 g/mol. The number of nitrogen functional groups attached to an aromatic ring is 1. The third kappa shape index (κ3) is 5.78. The molecule has 158 valence electrons. The number of nitrogens with zero attached hydrogens (tertiary/aromatic N) is 1. The van der Waals surface area contributed by atoms with Crippen molar-refractivity contribution in [3.05, 3.63) is 23.8 Å². The smallest absolute Gasteiger partial charge is 0.306 e. The number of benzene rings is 1. The number of hydrogen-bond donors (Lipinski definition) is 3. The topological polar surface area (TPSA) is 96.0 Å². The molecule has 1 fully saturated rings. The lowest BCUT2D eigenvalue weighted by Gasteiger charge is -2.40. The van der Waals surface area contributed by atoms with E-state index in [0.29, 0.717) is 18.0 Å². The van der Waals surface area contributed by atoms with Crippen LogP contribution < -0.4 is 10.6 Å². The molecule has 1 aliphatic heterocycles. The van der Waals surface area contributed by atoms with Gasteiger partial charge in [0.25, 0.3) is 0 Å². The molecular weight excluding hydrogens is 376 g/mol. The highest BCUT2D eigenvalue weighted by atomic mass is 32.2. The lowest BCUT2D eigenvalue weighted by Crippen LogP contribution is -2.45. The highest BCUT2D eigenvalue weighted by Crippen LogP contribution is 2.39. The van der Waals surface area contributed by atoms with Gasteiger partial charge in [-0.15, -0.1) is 0 Å². The van der Waals surface area contributed by atoms with Crippen molar-refractivity contribution >= 4 is 29.1 Å². The van der Waals surface area contributed by atoms with Crippen molar-refractivity contribution in [2.45, 2.75) is 70.0 Å². The molecule has 7 heteroatoms. The molecule has 0 aromatic heterocycles. The molecule has 28 heavy (non-hydrogen) atoms. The maximum atomic E-state index is 11.9. The average Bonchev–Trinajstić information content (AvgIpc) is 2.59. The Balaban J connectivity index is 2.26. The number of carbonyl (C=O) groups is 1. The van der Waals surface area contributed by atoms with Gasteiger partial charge in [-0.05, 0) is 37.5 Å². The van der Waals surface area contributed by atoms with Crippen molar-refractivity contribution in [2.75, 3.05) is 29.5 Å². The number of nitrogens with two attached hydrogens (primary N) is 1. The van der Waals surface area contributed by atoms with E-state index in [1.807, 2.05) is 32.0 Å². The summed E-state index contributed by atoms with van der Waals surface area (Å²) in [6, 6.07) is 5.96. The van der Waals surface area contributed by atoms with Gasteiger partial charge in [0.2, 0.25) is 5.12 Å². The molecule has 2 rings (SSSR count). The second kappa shape index (κ2) is 9.37. The number of esters is 1. The fraction of sp³-hybridized carbons (Fsp3) is 0.667. The van der Waals surface area contributed by atoms with Crippen LogP contribution in [0.15, 0.2) is 18.2 Å². The van der Waals surface area contributed by atoms with E-state index < -0.39 is 5.12 Å². The number of anilines is 2. The SMILES string of the molecule is CCCN(c1ccc(C(C)(C)CC(=O)OCC)cc1N)C1CCSC(O)(O)C1. The second-order valence-electron chi connectivity index (χ2n) is 8.07. The minimum Gasteiger partial charge on any atom is -0.466 e. The van der Waals surface area contributed by atoms with Crippen LogP contribution in [0.2, 0.25) is 0 Å². The lowest BCUT2D eigenvalue weighted by molar-refractivity contribution is -0.144. The number of thioether (sulfide) groups is 1. The fourth-order valence-electron chi connectivity index (χ4n) is 3.74. The van der Waals surface area contributed by atoms with E-state index in [-0.39, 0.29) is 30.3 Å². The van der Waals surface area contributed by atoms with Gasteiger partial charge in [0.1, 0.15) is 0 Å². The van der Waals surface area contributed by atoms with Crippen LogP contribution in [0, 0.1) is 0 Å². The standard InChI is InChI=1S/C21H34N2O4S/c1-5-10-23(16-9-11-28-21(25,26)13-16)18-8-7-15(12-17(18)22)20(3,4)14-19(24)27-6-2/h7-8,12,16,25-26H,5-6,9-11,13-14,22H2,1-4H3. The number of hydrogen-bond acceptors (Lipinski definition) is 7. The number of aliphatic hydroxyl groups is 2. The van der Waals surface area contributed by atoms with Crippen molar-refractivity contribution in [3.8, 4) is 0 Å². The number of carbonyl (C=O) groups excluding carboxylic acids is 1. The molecule has 1 unspecified atom stereocenters. The fourth-order valence-corrected chi connectivity index (χ4v) is 4.77. The Morgan fingerprint density at radius 3 is 2.68 bits per heavy atom. The van der Waals surface area contributed by atoms with Crippen molar-refractivity contribution < 1.29 is 19.7 Å². The second-order valence-corrected chi connectivity index (χ2v) is 9.42. The predicted octanol–water partition coefficient (Wildman–Crippen LogP) is 3.25. The first-order valence-electron chi connectivity index (χ1n) is 10.0. The van der Waals surface area contributed by atoms with Crippen molar-refractivity contribution in [1.82, 2.24) is 0 Å². The Bertz CT molecular complexity index is 678. The van der Waals surface area contributed by atoms with Crippen LogP contribution in [-0.4, -0.2) is 46.2 Å². The van der Waals surface area contributed by atoms with Crippen LogP contribution in [-0.2, 0) is 14.9 Å². The lowest BCUT2D eigenvalue weighted by atomic mass is 9.81. The Kier molecular flexibility index (Phi) is 7.65. The van der Waals surface area contributed by atoms with Gasteiger partial charge in [0.05, 0.1) is 24.4 Å². The van der Waals surface area contributed by atoms with Gasteiger partial charge in [0, 0.05) is 30.2 Å². The molecular formula is C21H34N2O4S. The molecule has 1 aromatic carbocycles. The molecule has 1 aromatic rings. The summed E-state index contributed by atoms with van der Waals surface area (Å²) in [7, 11) is 0. The Labute approximate surface area is 172 Å². The van der Waals surface area contributed by atoms with E-state index in [0.717, 1.165) is 30.6 Å². The van der Waals surface area contributed by atoms with Crippen LogP contribution in [0.1, 0.15) is 58.9 Å². The Hall–Kier alpha value is -1.44. The molecule has 1 saturated heterocycles. The summed E-state index contributed by atoms with van der Waals surface area (Å²) in [5, 5.41) is 18.5. The zero-order valence-corrected chi connectivity index (χ0v) is 18.2. The predicted molar refractivity (Wildman–Crippen MR) is 115 cm³/mol. The largest absolute Gasteiger partial charge is 0.466 e. The van der Waals surface area contributed by atoms with Crippen LogP contribution in [0.5, 0.6) is 0 Å². The highest BCUT2D eigenvalue weighted by molar-refractivity contribution is 8.00. The van der Waals surface area contributed by atoms with Crippen LogP contribution >= 0.6 is 11.8 Å². The van der Waals surface area contributed by atoms with Gasteiger partial charge < -0.3 is 25.6 Å². The van der Waals surface area contributed by atoms with E-state index in [9.17, 15) is 15.0 Å². The molecule has 0 spiro atoms. The van der Waals surface area contributed by atoms with Crippen molar-refractivity contribution in [3.63, 3.8) is 0 Å². The minimum atomic E-state index is -1.69. The first-order valence-corrected chi connectivity index (χ1v) is 11.0. The molecule has 0 aliphatic carbocycles. The van der Waals surface area contributed by atoms with E-state index >= 15 is 0 Å².